The molecule has 1 aliphatic rings. The fourth-order valence-electron chi connectivity index (χ4n) is 3.05. The molecule has 1 fully saturated rings. The predicted octanol–water partition coefficient (Wildman–Crippen LogP) is 2.29. The van der Waals surface area contributed by atoms with Gasteiger partial charge in [0, 0.05) is 11.1 Å². The van der Waals surface area contributed by atoms with Gasteiger partial charge in [0.2, 0.25) is 11.8 Å². The van der Waals surface area contributed by atoms with E-state index < -0.39 is 47.5 Å². The smallest absolute Gasteiger partial charge is 0.263 e. The minimum absolute atomic E-state index is 0.0557. The second-order valence-corrected chi connectivity index (χ2v) is 8.25. The summed E-state index contributed by atoms with van der Waals surface area (Å²) in [4.78, 5) is 26.4. The number of amides is 2. The molecular weight excluding hydrogens is 373 g/mol. The number of rotatable bonds is 5. The van der Waals surface area contributed by atoms with Gasteiger partial charge in [-0.1, -0.05) is 32.9 Å². The Morgan fingerprint density at radius 3 is 2.43 bits per heavy atom. The van der Waals surface area contributed by atoms with Gasteiger partial charge in [0.25, 0.3) is 6.43 Å². The quantitative estimate of drug-likeness (QED) is 0.709. The Kier molecular flexibility index (Phi) is 6.71. The topological polar surface area (TPSA) is 73.5 Å². The van der Waals surface area contributed by atoms with Crippen molar-refractivity contribution in [3.63, 3.8) is 0 Å². The Bertz CT molecular complexity index is 734. The molecule has 6 nitrogen and oxygen atoms in total. The molecule has 1 aromatic rings. The number of halogens is 3. The summed E-state index contributed by atoms with van der Waals surface area (Å²) < 4.78 is 40.2. The highest BCUT2D eigenvalue weighted by molar-refractivity contribution is 5.89. The average Bonchev–Trinajstić information content (AvgIpc) is 2.58. The lowest BCUT2D eigenvalue weighted by atomic mass is 9.81. The summed E-state index contributed by atoms with van der Waals surface area (Å²) in [5.41, 5.74) is -0.893. The number of hydrogen-bond donors (Lipinski definition) is 3. The van der Waals surface area contributed by atoms with Crippen LogP contribution in [0.1, 0.15) is 50.8 Å². The van der Waals surface area contributed by atoms with Gasteiger partial charge in [-0.25, -0.2) is 13.2 Å². The van der Waals surface area contributed by atoms with Gasteiger partial charge in [0.15, 0.2) is 0 Å². The van der Waals surface area contributed by atoms with Gasteiger partial charge >= 0.3 is 0 Å². The zero-order valence-electron chi connectivity index (χ0n) is 16.6. The minimum atomic E-state index is -2.78. The first-order valence-corrected chi connectivity index (χ1v) is 9.00. The molecular formula is C19H27F3N4O2. The summed E-state index contributed by atoms with van der Waals surface area (Å²) >= 11 is 0. The molecule has 0 saturated carbocycles. The van der Waals surface area contributed by atoms with E-state index in [0.29, 0.717) is 0 Å². The molecule has 1 aliphatic heterocycles. The third-order valence-corrected chi connectivity index (χ3v) is 4.62. The van der Waals surface area contributed by atoms with Crippen LogP contribution in [0.25, 0.3) is 0 Å². The number of hydrogen-bond acceptors (Lipinski definition) is 4. The lowest BCUT2D eigenvalue weighted by Crippen LogP contribution is -2.65. The van der Waals surface area contributed by atoms with Crippen molar-refractivity contribution >= 4 is 11.8 Å². The molecule has 28 heavy (non-hydrogen) atoms. The van der Waals surface area contributed by atoms with Crippen LogP contribution in [0.3, 0.4) is 0 Å². The van der Waals surface area contributed by atoms with Crippen molar-refractivity contribution in [1.82, 2.24) is 20.9 Å². The molecule has 2 unspecified atom stereocenters. The zero-order chi connectivity index (χ0) is 21.2. The van der Waals surface area contributed by atoms with E-state index in [1.165, 1.54) is 6.07 Å². The zero-order valence-corrected chi connectivity index (χ0v) is 16.6. The molecule has 0 radical (unpaired) electrons. The van der Waals surface area contributed by atoms with Crippen molar-refractivity contribution < 1.29 is 22.8 Å². The molecule has 0 aliphatic carbocycles. The molecule has 0 spiro atoms. The Morgan fingerprint density at radius 2 is 1.93 bits per heavy atom. The molecule has 3 atom stereocenters. The van der Waals surface area contributed by atoms with E-state index in [0.717, 1.165) is 12.1 Å². The van der Waals surface area contributed by atoms with Gasteiger partial charge in [0.1, 0.15) is 12.1 Å². The summed E-state index contributed by atoms with van der Waals surface area (Å²) in [5.74, 6) is -1.55. The van der Waals surface area contributed by atoms with Crippen molar-refractivity contribution in [2.24, 2.45) is 5.41 Å². The van der Waals surface area contributed by atoms with Crippen LogP contribution in [0.4, 0.5) is 13.2 Å². The Hall–Kier alpha value is -2.13. The second-order valence-electron chi connectivity index (χ2n) is 8.25. The molecule has 9 heteroatoms. The van der Waals surface area contributed by atoms with Crippen LogP contribution in [0.2, 0.25) is 0 Å². The van der Waals surface area contributed by atoms with E-state index in [1.807, 2.05) is 20.8 Å². The van der Waals surface area contributed by atoms with Gasteiger partial charge in [0.05, 0.1) is 18.5 Å². The molecule has 1 saturated heterocycles. The number of benzene rings is 1. The van der Waals surface area contributed by atoms with E-state index in [9.17, 15) is 22.8 Å². The molecule has 1 aromatic carbocycles. The number of carbonyl (C=O) groups excluding carboxylic acids is 2. The first-order valence-electron chi connectivity index (χ1n) is 9.00. The average molecular weight is 400 g/mol. The summed E-state index contributed by atoms with van der Waals surface area (Å²) in [5, 5.41) is 8.51. The summed E-state index contributed by atoms with van der Waals surface area (Å²) in [6, 6.07) is 1.66. The van der Waals surface area contributed by atoms with Crippen LogP contribution in [-0.4, -0.2) is 43.1 Å². The summed E-state index contributed by atoms with van der Waals surface area (Å²) in [7, 11) is 3.49. The first kappa shape index (κ1) is 22.2. The molecule has 0 bridgehead atoms. The third-order valence-electron chi connectivity index (χ3n) is 4.62. The standard InChI is InChI=1S/C19H27F3N4O2/c1-19(2,3)15(11-7-6-10(16(21)22)8-12(11)20)25-17(28)13-9-14(27)24-18(23-13)26(4)5/h6-8,13,15-16,18,23H,9H2,1-5H3,(H,24,27)(H,25,28)/t13?,15-,18?/m0/s1. The van der Waals surface area contributed by atoms with E-state index in [1.54, 1.807) is 19.0 Å². The number of alkyl halides is 2. The highest BCUT2D eigenvalue weighted by Gasteiger charge is 2.36. The predicted molar refractivity (Wildman–Crippen MR) is 98.9 cm³/mol. The number of nitrogens with one attached hydrogen (secondary N) is 3. The Labute approximate surface area is 162 Å². The third kappa shape index (κ3) is 5.23. The van der Waals surface area contributed by atoms with Gasteiger partial charge in [-0.2, -0.15) is 0 Å². The van der Waals surface area contributed by atoms with Gasteiger partial charge in [-0.3, -0.25) is 19.8 Å². The SMILES string of the molecule is CN(C)C1NC(=O)CC(C(=O)N[C@@H](c2ccc(C(F)F)cc2F)C(C)(C)C)N1. The summed E-state index contributed by atoms with van der Waals surface area (Å²) in [6.45, 7) is 5.42. The molecule has 2 amide bonds. The highest BCUT2D eigenvalue weighted by atomic mass is 19.3. The fourth-order valence-corrected chi connectivity index (χ4v) is 3.05. The van der Waals surface area contributed by atoms with Gasteiger partial charge < -0.3 is 10.6 Å². The monoisotopic (exact) mass is 400 g/mol. The highest BCUT2D eigenvalue weighted by Crippen LogP contribution is 2.35. The van der Waals surface area contributed by atoms with Crippen LogP contribution < -0.4 is 16.0 Å². The first-order chi connectivity index (χ1) is 12.9. The van der Waals surface area contributed by atoms with Crippen molar-refractivity contribution in [3.05, 3.63) is 35.1 Å². The van der Waals surface area contributed by atoms with Crippen LogP contribution >= 0.6 is 0 Å². The van der Waals surface area contributed by atoms with Crippen LogP contribution in [0.15, 0.2) is 18.2 Å². The second kappa shape index (κ2) is 8.48. The van der Waals surface area contributed by atoms with E-state index in [2.05, 4.69) is 16.0 Å². The Morgan fingerprint density at radius 1 is 1.29 bits per heavy atom. The van der Waals surface area contributed by atoms with E-state index >= 15 is 0 Å². The molecule has 0 aromatic heterocycles. The molecule has 2 rings (SSSR count). The van der Waals surface area contributed by atoms with Crippen molar-refractivity contribution in [2.75, 3.05) is 14.1 Å². The molecule has 3 N–H and O–H groups in total. The van der Waals surface area contributed by atoms with Crippen LogP contribution in [0.5, 0.6) is 0 Å². The molecule has 1 heterocycles. The van der Waals surface area contributed by atoms with Crippen LogP contribution in [0, 0.1) is 11.2 Å². The lowest BCUT2D eigenvalue weighted by Gasteiger charge is -2.37. The number of carbonyl (C=O) groups is 2. The van der Waals surface area contributed by atoms with Gasteiger partial charge in [-0.05, 0) is 25.6 Å². The van der Waals surface area contributed by atoms with E-state index in [-0.39, 0.29) is 17.9 Å². The largest absolute Gasteiger partial charge is 0.347 e. The number of nitrogens with zero attached hydrogens (tertiary/aromatic N) is 1. The van der Waals surface area contributed by atoms with E-state index in [4.69, 9.17) is 0 Å². The summed E-state index contributed by atoms with van der Waals surface area (Å²) in [6.07, 6.45) is -3.34. The van der Waals surface area contributed by atoms with Gasteiger partial charge in [-0.15, -0.1) is 0 Å². The maximum atomic E-state index is 14.5. The van der Waals surface area contributed by atoms with Crippen LogP contribution in [-0.2, 0) is 9.59 Å². The van der Waals surface area contributed by atoms with Crippen molar-refractivity contribution in [3.8, 4) is 0 Å². The normalized spacial score (nSPS) is 21.6. The maximum absolute atomic E-state index is 14.5. The molecule has 156 valence electrons. The Balaban J connectivity index is 2.25. The lowest BCUT2D eigenvalue weighted by molar-refractivity contribution is -0.134. The minimum Gasteiger partial charge on any atom is -0.347 e. The van der Waals surface area contributed by atoms with Crippen molar-refractivity contribution in [1.29, 1.82) is 0 Å². The maximum Gasteiger partial charge on any atom is 0.263 e. The van der Waals surface area contributed by atoms with Crippen molar-refractivity contribution in [2.45, 2.75) is 52.0 Å². The fraction of sp³-hybridized carbons (Fsp3) is 0.579.